The van der Waals surface area contributed by atoms with E-state index < -0.39 is 0 Å². The van der Waals surface area contributed by atoms with Crippen molar-refractivity contribution < 1.29 is 9.59 Å². The second-order valence-electron chi connectivity index (χ2n) is 5.81. The van der Waals surface area contributed by atoms with E-state index in [1.165, 1.54) is 0 Å². The van der Waals surface area contributed by atoms with Crippen molar-refractivity contribution in [3.63, 3.8) is 0 Å². The third kappa shape index (κ3) is 3.94. The van der Waals surface area contributed by atoms with Gasteiger partial charge in [0.2, 0.25) is 11.8 Å². The van der Waals surface area contributed by atoms with Gasteiger partial charge in [-0.2, -0.15) is 0 Å². The molecule has 1 atom stereocenters. The van der Waals surface area contributed by atoms with Crippen LogP contribution in [0.3, 0.4) is 0 Å². The van der Waals surface area contributed by atoms with E-state index in [4.69, 9.17) is 11.6 Å². The Labute approximate surface area is 149 Å². The van der Waals surface area contributed by atoms with E-state index in [1.807, 2.05) is 18.4 Å². The fourth-order valence-electron chi connectivity index (χ4n) is 2.73. The van der Waals surface area contributed by atoms with Gasteiger partial charge in [0.05, 0.1) is 10.9 Å². The molecule has 2 heterocycles. The van der Waals surface area contributed by atoms with Gasteiger partial charge in [-0.3, -0.25) is 9.59 Å². The second-order valence-corrected chi connectivity index (χ2v) is 7.19. The quantitative estimate of drug-likeness (QED) is 0.888. The van der Waals surface area contributed by atoms with Crippen LogP contribution in [0.15, 0.2) is 29.6 Å². The molecule has 0 bridgehead atoms. The number of hydrogen-bond donors (Lipinski definition) is 1. The lowest BCUT2D eigenvalue weighted by Crippen LogP contribution is -2.34. The van der Waals surface area contributed by atoms with Crippen LogP contribution < -0.4 is 10.2 Å². The lowest BCUT2D eigenvalue weighted by molar-refractivity contribution is -0.126. The van der Waals surface area contributed by atoms with E-state index >= 15 is 0 Å². The smallest absolute Gasteiger partial charge is 0.227 e. The molecule has 0 saturated carbocycles. The maximum atomic E-state index is 12.3. The van der Waals surface area contributed by atoms with E-state index in [-0.39, 0.29) is 24.2 Å². The molecule has 1 unspecified atom stereocenters. The van der Waals surface area contributed by atoms with Gasteiger partial charge in [0.1, 0.15) is 0 Å². The number of hydrogen-bond acceptors (Lipinski definition) is 4. The van der Waals surface area contributed by atoms with Crippen LogP contribution in [-0.2, 0) is 16.0 Å². The Morgan fingerprint density at radius 2 is 2.33 bits per heavy atom. The average molecular weight is 364 g/mol. The minimum absolute atomic E-state index is 0.0482. The lowest BCUT2D eigenvalue weighted by atomic mass is 10.1. The summed E-state index contributed by atoms with van der Waals surface area (Å²) >= 11 is 7.57. The Hall–Kier alpha value is -1.92. The van der Waals surface area contributed by atoms with E-state index in [1.54, 1.807) is 34.4 Å². The average Bonchev–Trinajstić information content (AvgIpc) is 3.13. The number of halogens is 1. The van der Waals surface area contributed by atoms with Crippen LogP contribution in [0.2, 0.25) is 5.02 Å². The van der Waals surface area contributed by atoms with Gasteiger partial charge in [-0.1, -0.05) is 17.7 Å². The molecule has 126 valence electrons. The maximum Gasteiger partial charge on any atom is 0.227 e. The highest BCUT2D eigenvalue weighted by atomic mass is 35.5. The van der Waals surface area contributed by atoms with Gasteiger partial charge < -0.3 is 10.2 Å². The third-order valence-electron chi connectivity index (χ3n) is 3.92. The third-order valence-corrected chi connectivity index (χ3v) is 5.18. The summed E-state index contributed by atoms with van der Waals surface area (Å²) in [5.41, 5.74) is 1.74. The predicted molar refractivity (Wildman–Crippen MR) is 95.5 cm³/mol. The monoisotopic (exact) mass is 363 g/mol. The number of nitrogens with one attached hydrogen (secondary N) is 1. The summed E-state index contributed by atoms with van der Waals surface area (Å²) in [4.78, 5) is 30.5. The van der Waals surface area contributed by atoms with Crippen molar-refractivity contribution in [3.05, 3.63) is 45.4 Å². The Balaban J connectivity index is 1.54. The lowest BCUT2D eigenvalue weighted by Gasteiger charge is -2.17. The summed E-state index contributed by atoms with van der Waals surface area (Å²) in [6.07, 6.45) is 0.942. The standard InChI is InChI=1S/C17H18ClN3O2S/c1-11-10-24-15(20-11)5-6-19-17(23)12-7-16(22)21(9-12)14-4-2-3-13(18)8-14/h2-4,8,10,12H,5-7,9H2,1H3,(H,19,23). The number of benzene rings is 1. The van der Waals surface area contributed by atoms with Gasteiger partial charge in [-0.25, -0.2) is 4.98 Å². The van der Waals surface area contributed by atoms with Crippen molar-refractivity contribution in [2.75, 3.05) is 18.0 Å². The molecule has 1 aromatic carbocycles. The maximum absolute atomic E-state index is 12.3. The van der Waals surface area contributed by atoms with E-state index in [0.29, 0.717) is 24.5 Å². The second kappa shape index (κ2) is 7.32. The zero-order valence-electron chi connectivity index (χ0n) is 13.3. The highest BCUT2D eigenvalue weighted by molar-refractivity contribution is 7.09. The first-order valence-electron chi connectivity index (χ1n) is 7.77. The minimum atomic E-state index is -0.325. The van der Waals surface area contributed by atoms with Crippen LogP contribution in [0.1, 0.15) is 17.1 Å². The van der Waals surface area contributed by atoms with Crippen molar-refractivity contribution in [1.82, 2.24) is 10.3 Å². The molecule has 1 aliphatic heterocycles. The Bertz CT molecular complexity index is 762. The molecular formula is C17H18ClN3O2S. The van der Waals surface area contributed by atoms with Crippen LogP contribution in [0.25, 0.3) is 0 Å². The van der Waals surface area contributed by atoms with Gasteiger partial charge in [0.25, 0.3) is 0 Å². The van der Waals surface area contributed by atoms with Crippen molar-refractivity contribution in [1.29, 1.82) is 0 Å². The van der Waals surface area contributed by atoms with E-state index in [9.17, 15) is 9.59 Å². The number of nitrogens with zero attached hydrogens (tertiary/aromatic N) is 2. The van der Waals surface area contributed by atoms with Crippen LogP contribution in [0.4, 0.5) is 5.69 Å². The fourth-order valence-corrected chi connectivity index (χ4v) is 3.69. The number of carbonyl (C=O) groups is 2. The molecule has 0 spiro atoms. The zero-order valence-corrected chi connectivity index (χ0v) is 14.9. The molecule has 7 heteroatoms. The largest absolute Gasteiger partial charge is 0.355 e. The minimum Gasteiger partial charge on any atom is -0.355 e. The molecule has 2 aromatic rings. The SMILES string of the molecule is Cc1csc(CCNC(=O)C2CC(=O)N(c3cccc(Cl)c3)C2)n1. The molecule has 24 heavy (non-hydrogen) atoms. The van der Waals surface area contributed by atoms with Crippen molar-refractivity contribution in [2.24, 2.45) is 5.92 Å². The van der Waals surface area contributed by atoms with Gasteiger partial charge in [-0.05, 0) is 25.1 Å². The molecular weight excluding hydrogens is 346 g/mol. The molecule has 2 amide bonds. The molecule has 1 aliphatic rings. The van der Waals surface area contributed by atoms with E-state index in [0.717, 1.165) is 16.4 Å². The Morgan fingerprint density at radius 1 is 1.50 bits per heavy atom. The summed E-state index contributed by atoms with van der Waals surface area (Å²) < 4.78 is 0. The summed E-state index contributed by atoms with van der Waals surface area (Å²) in [6.45, 7) is 2.88. The number of aromatic nitrogens is 1. The van der Waals surface area contributed by atoms with Crippen LogP contribution in [0, 0.1) is 12.8 Å². The molecule has 1 saturated heterocycles. The molecule has 1 aromatic heterocycles. The summed E-state index contributed by atoms with van der Waals surface area (Å²) in [5, 5.41) is 6.49. The first-order valence-corrected chi connectivity index (χ1v) is 9.03. The Morgan fingerprint density at radius 3 is 3.04 bits per heavy atom. The number of rotatable bonds is 5. The molecule has 0 aliphatic carbocycles. The van der Waals surface area contributed by atoms with Gasteiger partial charge >= 0.3 is 0 Å². The van der Waals surface area contributed by atoms with E-state index in [2.05, 4.69) is 10.3 Å². The highest BCUT2D eigenvalue weighted by Gasteiger charge is 2.35. The van der Waals surface area contributed by atoms with Crippen molar-refractivity contribution in [3.8, 4) is 0 Å². The molecule has 0 radical (unpaired) electrons. The van der Waals surface area contributed by atoms with Crippen LogP contribution in [0.5, 0.6) is 0 Å². The fraction of sp³-hybridized carbons (Fsp3) is 0.353. The molecule has 1 N–H and O–H groups in total. The summed E-state index contributed by atoms with van der Waals surface area (Å²) in [7, 11) is 0. The summed E-state index contributed by atoms with van der Waals surface area (Å²) in [5.74, 6) is -0.455. The number of anilines is 1. The number of aryl methyl sites for hydroxylation is 1. The van der Waals surface area contributed by atoms with Gasteiger partial charge in [0.15, 0.2) is 0 Å². The number of thiazole rings is 1. The molecule has 5 nitrogen and oxygen atoms in total. The van der Waals surface area contributed by atoms with Gasteiger partial charge in [-0.15, -0.1) is 11.3 Å². The van der Waals surface area contributed by atoms with Crippen LogP contribution >= 0.6 is 22.9 Å². The van der Waals surface area contributed by atoms with Crippen molar-refractivity contribution >= 4 is 40.4 Å². The Kier molecular flexibility index (Phi) is 5.16. The number of amides is 2. The van der Waals surface area contributed by atoms with Gasteiger partial charge in [0, 0.05) is 47.7 Å². The number of carbonyl (C=O) groups excluding carboxylic acids is 2. The predicted octanol–water partition coefficient (Wildman–Crippen LogP) is 2.82. The first-order chi connectivity index (χ1) is 11.5. The normalized spacial score (nSPS) is 17.3. The summed E-state index contributed by atoms with van der Waals surface area (Å²) in [6, 6.07) is 7.13. The zero-order chi connectivity index (χ0) is 17.1. The molecule has 3 rings (SSSR count). The first kappa shape index (κ1) is 16.9. The molecule has 1 fully saturated rings. The van der Waals surface area contributed by atoms with Crippen LogP contribution in [-0.4, -0.2) is 29.9 Å². The highest BCUT2D eigenvalue weighted by Crippen LogP contribution is 2.27. The topological polar surface area (TPSA) is 62.3 Å². The van der Waals surface area contributed by atoms with Crippen molar-refractivity contribution in [2.45, 2.75) is 19.8 Å².